The molecule has 22 heteroatoms. The van der Waals surface area contributed by atoms with Gasteiger partial charge in [0.2, 0.25) is 5.91 Å². The van der Waals surface area contributed by atoms with Crippen LogP contribution in [0.1, 0.15) is 25.5 Å². The van der Waals surface area contributed by atoms with Gasteiger partial charge in [0.05, 0.1) is 52.6 Å². The number of nitrogens with zero attached hydrogens (tertiary/aromatic N) is 7. The number of nitrogens with two attached hydrogens (primary N) is 1. The number of rotatable bonds is 21. The normalized spacial score (nSPS) is 20.9. The summed E-state index contributed by atoms with van der Waals surface area (Å²) in [5, 5.41) is 26.8. The van der Waals surface area contributed by atoms with Gasteiger partial charge in [-0.15, -0.1) is 0 Å². The smallest absolute Gasteiger partial charge is 0.387 e. The number of hydrogen-bond donors (Lipinski definition) is 5. The lowest BCUT2D eigenvalue weighted by Crippen LogP contribution is -2.33. The number of nitrogen functional groups attached to an aromatic ring is 1. The number of nitrogens with one attached hydrogen (secondary N) is 1. The van der Waals surface area contributed by atoms with Crippen LogP contribution in [0.3, 0.4) is 0 Å². The van der Waals surface area contributed by atoms with Crippen molar-refractivity contribution in [2.75, 3.05) is 65.1 Å². The van der Waals surface area contributed by atoms with Gasteiger partial charge in [-0.25, -0.2) is 19.5 Å². The third-order valence-corrected chi connectivity index (χ3v) is 7.02. The van der Waals surface area contributed by atoms with Crippen molar-refractivity contribution in [1.29, 1.82) is 0 Å². The minimum absolute atomic E-state index is 0.0373. The van der Waals surface area contributed by atoms with Crippen LogP contribution in [0.5, 0.6) is 0 Å². The first-order valence-electron chi connectivity index (χ1n) is 13.8. The number of amides is 1. The highest BCUT2D eigenvalue weighted by Gasteiger charge is 2.45. The van der Waals surface area contributed by atoms with Crippen molar-refractivity contribution in [3.63, 3.8) is 0 Å². The van der Waals surface area contributed by atoms with Crippen LogP contribution < -0.4 is 11.1 Å². The van der Waals surface area contributed by atoms with Gasteiger partial charge in [0, 0.05) is 30.8 Å². The topological polar surface area (TPSA) is 298 Å². The van der Waals surface area contributed by atoms with Crippen LogP contribution in [0, 0.1) is 0 Å². The lowest BCUT2D eigenvalue weighted by Gasteiger charge is -2.17. The molecular weight excluding hydrogens is 625 g/mol. The molecule has 250 valence electrons. The molecule has 1 aliphatic rings. The highest BCUT2D eigenvalue weighted by Crippen LogP contribution is 2.45. The zero-order valence-corrected chi connectivity index (χ0v) is 25.0. The van der Waals surface area contributed by atoms with Gasteiger partial charge in [-0.2, -0.15) is 0 Å². The summed E-state index contributed by atoms with van der Waals surface area (Å²) in [6.07, 6.45) is -3.36. The summed E-state index contributed by atoms with van der Waals surface area (Å²) in [6.45, 7) is 1.70. The zero-order valence-electron chi connectivity index (χ0n) is 24.1. The number of aromatic nitrogens is 4. The van der Waals surface area contributed by atoms with E-state index in [0.29, 0.717) is 33.0 Å². The molecule has 45 heavy (non-hydrogen) atoms. The number of carbonyl (C=O) groups excluding carboxylic acids is 2. The molecule has 1 fully saturated rings. The molecule has 0 bridgehead atoms. The Labute approximate surface area is 256 Å². The second-order valence-electron chi connectivity index (χ2n) is 9.35. The Morgan fingerprint density at radius 1 is 1.09 bits per heavy atom. The van der Waals surface area contributed by atoms with E-state index in [1.165, 1.54) is 17.2 Å². The number of fused-ring (bicyclic) bond motifs is 1. The molecule has 1 aliphatic heterocycles. The minimum Gasteiger partial charge on any atom is -0.387 e. The van der Waals surface area contributed by atoms with Gasteiger partial charge in [0.1, 0.15) is 30.2 Å². The molecule has 3 rings (SSSR count). The van der Waals surface area contributed by atoms with E-state index < -0.39 is 44.9 Å². The summed E-state index contributed by atoms with van der Waals surface area (Å²) in [6, 6.07) is 0. The fourth-order valence-corrected chi connectivity index (χ4v) is 4.69. The number of hydrogen-bond acceptors (Lipinski definition) is 16. The average molecular weight is 662 g/mol. The quantitative estimate of drug-likeness (QED) is 0.0364. The first kappa shape index (κ1) is 36.0. The second kappa shape index (κ2) is 18.5. The van der Waals surface area contributed by atoms with Crippen LogP contribution in [0.2, 0.25) is 0 Å². The highest BCUT2D eigenvalue weighted by atomic mass is 31.2. The molecule has 2 aromatic rings. The average Bonchev–Trinajstić information content (AvgIpc) is 3.55. The fraction of sp³-hybridized carbons (Fsp3) is 0.696. The maximum absolute atomic E-state index is 12.3. The maximum Gasteiger partial charge on any atom is 0.529 e. The van der Waals surface area contributed by atoms with E-state index in [1.807, 2.05) is 0 Å². The number of phosphoric acid groups is 1. The third kappa shape index (κ3) is 11.7. The molecule has 0 aromatic carbocycles. The molecule has 1 saturated heterocycles. The number of ether oxygens (including phenoxy) is 4. The predicted molar refractivity (Wildman–Crippen MR) is 151 cm³/mol. The molecule has 21 nitrogen and oxygen atoms in total. The number of aliphatic hydroxyl groups is 2. The Hall–Kier alpha value is -3.49. The second-order valence-corrected chi connectivity index (χ2v) is 10.7. The Kier molecular flexibility index (Phi) is 14.8. The maximum atomic E-state index is 12.3. The zero-order chi connectivity index (χ0) is 32.7. The Balaban J connectivity index is 1.25. The van der Waals surface area contributed by atoms with Crippen molar-refractivity contribution in [2.45, 2.75) is 43.8 Å². The Morgan fingerprint density at radius 2 is 1.80 bits per heavy atom. The van der Waals surface area contributed by atoms with Crippen molar-refractivity contribution in [2.24, 2.45) is 5.11 Å². The van der Waals surface area contributed by atoms with Gasteiger partial charge in [-0.1, -0.05) is 5.11 Å². The van der Waals surface area contributed by atoms with E-state index in [2.05, 4.69) is 34.8 Å². The molecule has 0 aliphatic carbocycles. The summed E-state index contributed by atoms with van der Waals surface area (Å²) >= 11 is 0. The van der Waals surface area contributed by atoms with E-state index in [-0.39, 0.29) is 61.8 Å². The van der Waals surface area contributed by atoms with Gasteiger partial charge >= 0.3 is 13.8 Å². The van der Waals surface area contributed by atoms with Gasteiger partial charge in [-0.05, 0) is 12.0 Å². The summed E-state index contributed by atoms with van der Waals surface area (Å²) in [5.74, 6) is -1.34. The molecule has 0 saturated carbocycles. The lowest BCUT2D eigenvalue weighted by molar-refractivity contribution is -0.136. The van der Waals surface area contributed by atoms with Crippen molar-refractivity contribution >= 4 is 36.7 Å². The molecule has 0 spiro atoms. The van der Waals surface area contributed by atoms with Crippen molar-refractivity contribution in [3.05, 3.63) is 23.1 Å². The van der Waals surface area contributed by atoms with Crippen LogP contribution in [-0.2, 0) is 42.1 Å². The molecule has 3 heterocycles. The molecule has 6 N–H and O–H groups in total. The van der Waals surface area contributed by atoms with Gasteiger partial charge in [0.15, 0.2) is 17.7 Å². The number of azide groups is 1. The van der Waals surface area contributed by atoms with E-state index in [1.54, 1.807) is 0 Å². The predicted octanol–water partition coefficient (Wildman–Crippen LogP) is -0.665. The summed E-state index contributed by atoms with van der Waals surface area (Å²) in [7, 11) is -4.91. The van der Waals surface area contributed by atoms with Crippen LogP contribution in [0.25, 0.3) is 21.6 Å². The number of carbonyl (C=O) groups is 2. The highest BCUT2D eigenvalue weighted by molar-refractivity contribution is 7.48. The van der Waals surface area contributed by atoms with E-state index in [4.69, 9.17) is 34.7 Å². The van der Waals surface area contributed by atoms with Crippen LogP contribution in [0.4, 0.5) is 5.82 Å². The van der Waals surface area contributed by atoms with Crippen molar-refractivity contribution < 1.29 is 57.3 Å². The molecule has 3 unspecified atom stereocenters. The van der Waals surface area contributed by atoms with Crippen LogP contribution in [-0.4, -0.2) is 124 Å². The fourth-order valence-electron chi connectivity index (χ4n) is 3.96. The van der Waals surface area contributed by atoms with Gasteiger partial charge < -0.3 is 44.7 Å². The van der Waals surface area contributed by atoms with E-state index in [0.717, 1.165) is 0 Å². The largest absolute Gasteiger partial charge is 0.529 e. The van der Waals surface area contributed by atoms with E-state index in [9.17, 15) is 29.3 Å². The summed E-state index contributed by atoms with van der Waals surface area (Å²) in [4.78, 5) is 48.4. The third-order valence-electron chi connectivity index (χ3n) is 6.11. The number of aliphatic hydroxyl groups excluding tert-OH is 2. The monoisotopic (exact) mass is 661 g/mol. The summed E-state index contributed by atoms with van der Waals surface area (Å²) < 4.78 is 44.3. The lowest BCUT2D eigenvalue weighted by atomic mass is 10.1. The SMILES string of the molecule is [N-]=[N+]=NCCOCCOCCOCCNC(=O)CCCC(=O)OP(=O)(O)OC[C@H]1O[C@@H](n2cnc3c(N)ncnc32)C(O)C1O. The summed E-state index contributed by atoms with van der Waals surface area (Å²) in [5.41, 5.74) is 14.4. The number of phosphoric ester groups is 1. The molecule has 1 amide bonds. The van der Waals surface area contributed by atoms with E-state index >= 15 is 0 Å². The molecule has 0 radical (unpaired) electrons. The van der Waals surface area contributed by atoms with Gasteiger partial charge in [0.25, 0.3) is 0 Å². The first-order chi connectivity index (χ1) is 21.6. The van der Waals surface area contributed by atoms with Gasteiger partial charge in [-0.3, -0.25) is 23.6 Å². The molecule has 5 atom stereocenters. The van der Waals surface area contributed by atoms with Crippen LogP contribution >= 0.6 is 7.82 Å². The molecular formula is C23H36N9O12P. The molecule has 2 aromatic heterocycles. The number of anilines is 1. The van der Waals surface area contributed by atoms with Crippen molar-refractivity contribution in [1.82, 2.24) is 24.8 Å². The van der Waals surface area contributed by atoms with Crippen molar-refractivity contribution in [3.8, 4) is 0 Å². The minimum atomic E-state index is -4.91. The Bertz CT molecular complexity index is 1340. The van der Waals surface area contributed by atoms with Crippen LogP contribution in [0.15, 0.2) is 17.8 Å². The number of imidazole rings is 1. The standard InChI is InChI=1S/C23H36N9O12P/c24-21-18-22(28-13-27-21)32(14-29-18)23-20(36)19(35)15(43-23)12-42-45(37,38)44-17(34)3-1-2-16(33)26-4-6-39-8-10-41-11-9-40-7-5-30-31-25/h13-15,19-20,23,35-36H,1-12H2,(H,26,33)(H,37,38)(H2,24,27,28)/t15-,19?,20?,23-/m1/s1. The Morgan fingerprint density at radius 3 is 2.53 bits per heavy atom. The first-order valence-corrected chi connectivity index (χ1v) is 15.3.